The fourth-order valence-corrected chi connectivity index (χ4v) is 1.98. The van der Waals surface area contributed by atoms with E-state index >= 15 is 0 Å². The van der Waals surface area contributed by atoms with Gasteiger partial charge in [-0.05, 0) is 59.2 Å². The van der Waals surface area contributed by atoms with Gasteiger partial charge in [0.05, 0.1) is 11.5 Å². The lowest BCUT2D eigenvalue weighted by molar-refractivity contribution is 0.217. The van der Waals surface area contributed by atoms with E-state index in [-0.39, 0.29) is 5.41 Å². The maximum absolute atomic E-state index is 8.87. The topological polar surface area (TPSA) is 27.0 Å². The van der Waals surface area contributed by atoms with Crippen LogP contribution >= 0.6 is 0 Å². The summed E-state index contributed by atoms with van der Waals surface area (Å²) >= 11 is 0. The predicted molar refractivity (Wildman–Crippen MR) is 58.9 cm³/mol. The highest BCUT2D eigenvalue weighted by molar-refractivity contribution is 4.91. The minimum atomic E-state index is -0.129. The summed E-state index contributed by atoms with van der Waals surface area (Å²) in [5.74, 6) is 0. The number of hydrogen-bond acceptors (Lipinski definition) is 2. The number of piperidine rings is 1. The second-order valence-corrected chi connectivity index (χ2v) is 5.00. The van der Waals surface area contributed by atoms with E-state index in [4.69, 9.17) is 5.26 Å². The van der Waals surface area contributed by atoms with Crippen molar-refractivity contribution in [1.82, 2.24) is 4.90 Å². The average Bonchev–Trinajstić information content (AvgIpc) is 2.19. The molecule has 0 spiro atoms. The number of rotatable bonds is 4. The Balaban J connectivity index is 2.12. The Morgan fingerprint density at radius 2 is 1.86 bits per heavy atom. The molecule has 0 aliphatic carbocycles. The van der Waals surface area contributed by atoms with Gasteiger partial charge < -0.3 is 4.90 Å². The average molecular weight is 194 g/mol. The zero-order valence-electron chi connectivity index (χ0n) is 9.55. The molecule has 0 aromatic rings. The summed E-state index contributed by atoms with van der Waals surface area (Å²) in [5, 5.41) is 8.87. The van der Waals surface area contributed by atoms with Gasteiger partial charge >= 0.3 is 0 Å². The van der Waals surface area contributed by atoms with Gasteiger partial charge in [-0.1, -0.05) is 6.42 Å². The van der Waals surface area contributed by atoms with Gasteiger partial charge in [-0.3, -0.25) is 0 Å². The second-order valence-electron chi connectivity index (χ2n) is 5.00. The van der Waals surface area contributed by atoms with Crippen LogP contribution in [0.1, 0.15) is 46.0 Å². The van der Waals surface area contributed by atoms with Gasteiger partial charge in [0.25, 0.3) is 0 Å². The number of hydrogen-bond donors (Lipinski definition) is 0. The Morgan fingerprint density at radius 3 is 2.43 bits per heavy atom. The van der Waals surface area contributed by atoms with Gasteiger partial charge in [-0.25, -0.2) is 0 Å². The van der Waals surface area contributed by atoms with Crippen LogP contribution in [0.25, 0.3) is 0 Å². The van der Waals surface area contributed by atoms with E-state index in [1.54, 1.807) is 0 Å². The molecule has 1 rings (SSSR count). The molecule has 0 aromatic carbocycles. The SMILES string of the molecule is CC(C)(C#N)CCCN1CCCCC1. The van der Waals surface area contributed by atoms with Gasteiger partial charge in [-0.2, -0.15) is 5.26 Å². The summed E-state index contributed by atoms with van der Waals surface area (Å²) in [6.07, 6.45) is 6.32. The molecule has 1 aliphatic heterocycles. The fraction of sp³-hybridized carbons (Fsp3) is 0.917. The lowest BCUT2D eigenvalue weighted by atomic mass is 9.90. The van der Waals surface area contributed by atoms with Crippen LogP contribution in [0.4, 0.5) is 0 Å². The highest BCUT2D eigenvalue weighted by Gasteiger charge is 2.17. The van der Waals surface area contributed by atoms with Crippen LogP contribution in [0, 0.1) is 16.7 Å². The lowest BCUT2D eigenvalue weighted by Gasteiger charge is -2.27. The van der Waals surface area contributed by atoms with Crippen molar-refractivity contribution in [2.24, 2.45) is 5.41 Å². The lowest BCUT2D eigenvalue weighted by Crippen LogP contribution is -2.31. The van der Waals surface area contributed by atoms with E-state index in [0.717, 1.165) is 6.42 Å². The second kappa shape index (κ2) is 5.36. The number of likely N-dealkylation sites (tertiary alicyclic amines) is 1. The molecular weight excluding hydrogens is 172 g/mol. The zero-order valence-corrected chi connectivity index (χ0v) is 9.55. The van der Waals surface area contributed by atoms with Crippen LogP contribution in [-0.4, -0.2) is 24.5 Å². The van der Waals surface area contributed by atoms with E-state index in [0.29, 0.717) is 0 Å². The Kier molecular flexibility index (Phi) is 4.41. The van der Waals surface area contributed by atoms with E-state index < -0.39 is 0 Å². The predicted octanol–water partition coefficient (Wildman–Crippen LogP) is 2.80. The van der Waals surface area contributed by atoms with Gasteiger partial charge in [0.2, 0.25) is 0 Å². The highest BCUT2D eigenvalue weighted by Crippen LogP contribution is 2.21. The Labute approximate surface area is 87.9 Å². The van der Waals surface area contributed by atoms with Crippen molar-refractivity contribution >= 4 is 0 Å². The molecule has 0 atom stereocenters. The Hall–Kier alpha value is -0.550. The van der Waals surface area contributed by atoms with Crippen molar-refractivity contribution in [3.05, 3.63) is 0 Å². The normalized spacial score (nSPS) is 19.2. The van der Waals surface area contributed by atoms with Crippen molar-refractivity contribution in [3.63, 3.8) is 0 Å². The maximum atomic E-state index is 8.87. The van der Waals surface area contributed by atoms with Crippen LogP contribution < -0.4 is 0 Å². The molecule has 1 aliphatic rings. The van der Waals surface area contributed by atoms with Crippen molar-refractivity contribution in [2.45, 2.75) is 46.0 Å². The Morgan fingerprint density at radius 1 is 1.21 bits per heavy atom. The summed E-state index contributed by atoms with van der Waals surface area (Å²) in [4.78, 5) is 2.54. The van der Waals surface area contributed by atoms with E-state index in [9.17, 15) is 0 Å². The van der Waals surface area contributed by atoms with Crippen molar-refractivity contribution in [3.8, 4) is 6.07 Å². The number of nitrogens with zero attached hydrogens (tertiary/aromatic N) is 2. The van der Waals surface area contributed by atoms with Crippen LogP contribution in [0.15, 0.2) is 0 Å². The first kappa shape index (κ1) is 11.5. The number of nitriles is 1. The van der Waals surface area contributed by atoms with Crippen molar-refractivity contribution in [2.75, 3.05) is 19.6 Å². The monoisotopic (exact) mass is 194 g/mol. The van der Waals surface area contributed by atoms with E-state index in [2.05, 4.69) is 11.0 Å². The molecule has 0 bridgehead atoms. The van der Waals surface area contributed by atoms with E-state index in [1.807, 2.05) is 13.8 Å². The molecule has 0 radical (unpaired) electrons. The molecule has 1 heterocycles. The zero-order chi connectivity index (χ0) is 10.4. The third kappa shape index (κ3) is 4.11. The quantitative estimate of drug-likeness (QED) is 0.688. The van der Waals surface area contributed by atoms with Crippen LogP contribution in [0.2, 0.25) is 0 Å². The highest BCUT2D eigenvalue weighted by atomic mass is 15.1. The third-order valence-corrected chi connectivity index (χ3v) is 3.03. The van der Waals surface area contributed by atoms with Crippen molar-refractivity contribution < 1.29 is 0 Å². The van der Waals surface area contributed by atoms with E-state index in [1.165, 1.54) is 45.3 Å². The van der Waals surface area contributed by atoms with Gasteiger partial charge in [-0.15, -0.1) is 0 Å². The first-order valence-corrected chi connectivity index (χ1v) is 5.78. The molecule has 1 saturated heterocycles. The van der Waals surface area contributed by atoms with Gasteiger partial charge in [0.1, 0.15) is 0 Å². The fourth-order valence-electron chi connectivity index (χ4n) is 1.98. The van der Waals surface area contributed by atoms with Gasteiger partial charge in [0.15, 0.2) is 0 Å². The minimum absolute atomic E-state index is 0.129. The summed E-state index contributed by atoms with van der Waals surface area (Å²) in [7, 11) is 0. The third-order valence-electron chi connectivity index (χ3n) is 3.03. The minimum Gasteiger partial charge on any atom is -0.303 e. The van der Waals surface area contributed by atoms with Gasteiger partial charge in [0, 0.05) is 0 Å². The molecule has 2 heteroatoms. The maximum Gasteiger partial charge on any atom is 0.0683 e. The molecule has 0 aromatic heterocycles. The summed E-state index contributed by atoms with van der Waals surface area (Å²) in [6.45, 7) is 7.79. The van der Waals surface area contributed by atoms with Crippen LogP contribution in [0.5, 0.6) is 0 Å². The van der Waals surface area contributed by atoms with Crippen LogP contribution in [-0.2, 0) is 0 Å². The Bertz CT molecular complexity index is 197. The van der Waals surface area contributed by atoms with Crippen molar-refractivity contribution in [1.29, 1.82) is 5.26 Å². The molecule has 1 fully saturated rings. The van der Waals surface area contributed by atoms with Crippen LogP contribution in [0.3, 0.4) is 0 Å². The molecule has 2 nitrogen and oxygen atoms in total. The molecule has 0 unspecified atom stereocenters. The molecular formula is C12H22N2. The summed E-state index contributed by atoms with van der Waals surface area (Å²) < 4.78 is 0. The molecule has 0 amide bonds. The first-order chi connectivity index (χ1) is 6.64. The molecule has 14 heavy (non-hydrogen) atoms. The first-order valence-electron chi connectivity index (χ1n) is 5.78. The standard InChI is InChI=1S/C12H22N2/c1-12(2,11-13)7-6-10-14-8-4-3-5-9-14/h3-10H2,1-2H3. The smallest absolute Gasteiger partial charge is 0.0683 e. The summed E-state index contributed by atoms with van der Waals surface area (Å²) in [5.41, 5.74) is -0.129. The molecule has 80 valence electrons. The summed E-state index contributed by atoms with van der Waals surface area (Å²) in [6, 6.07) is 2.36. The largest absolute Gasteiger partial charge is 0.303 e. The molecule has 0 saturated carbocycles. The molecule has 0 N–H and O–H groups in total.